The molecule has 0 heterocycles. The fraction of sp³-hybridized carbons (Fsp3) is 0.529. The summed E-state index contributed by atoms with van der Waals surface area (Å²) in [6.07, 6.45) is -0.790. The van der Waals surface area contributed by atoms with Gasteiger partial charge in [-0.1, -0.05) is 13.8 Å². The Morgan fingerprint density at radius 3 is 2.08 bits per heavy atom. The highest BCUT2D eigenvalue weighted by Gasteiger charge is 2.28. The van der Waals surface area contributed by atoms with Crippen molar-refractivity contribution in [3.05, 3.63) is 35.1 Å². The summed E-state index contributed by atoms with van der Waals surface area (Å²) in [6.45, 7) is 7.92. The third-order valence-electron chi connectivity index (χ3n) is 3.02. The van der Waals surface area contributed by atoms with Crippen LogP contribution < -0.4 is 5.32 Å². The van der Waals surface area contributed by atoms with Crippen LogP contribution in [0.1, 0.15) is 40.2 Å². The largest absolute Gasteiger partial charge is 0.459 e. The van der Waals surface area contributed by atoms with E-state index >= 15 is 0 Å². The molecule has 8 heteroatoms. The molecule has 1 amide bonds. The molecular formula is C17H22F3NO4. The van der Waals surface area contributed by atoms with Gasteiger partial charge in [0.05, 0.1) is 0 Å². The molecular weight excluding hydrogens is 339 g/mol. The minimum absolute atomic E-state index is 0.0514. The molecule has 1 aromatic rings. The van der Waals surface area contributed by atoms with E-state index < -0.39 is 47.8 Å². The summed E-state index contributed by atoms with van der Waals surface area (Å²) < 4.78 is 49.3. The first-order chi connectivity index (χ1) is 11.4. The highest BCUT2D eigenvalue weighted by molar-refractivity contribution is 5.81. The normalized spacial score (nSPS) is 12.7. The molecule has 0 aliphatic rings. The van der Waals surface area contributed by atoms with Crippen molar-refractivity contribution in [2.24, 2.45) is 5.92 Å². The lowest BCUT2D eigenvalue weighted by atomic mass is 10.1. The molecule has 0 aliphatic heterocycles. The Kier molecular flexibility index (Phi) is 6.84. The first-order valence-electron chi connectivity index (χ1n) is 7.70. The summed E-state index contributed by atoms with van der Waals surface area (Å²) >= 11 is 0. The van der Waals surface area contributed by atoms with Crippen molar-refractivity contribution >= 4 is 12.1 Å². The van der Waals surface area contributed by atoms with Crippen LogP contribution in [0.4, 0.5) is 18.0 Å². The van der Waals surface area contributed by atoms with E-state index in [9.17, 15) is 22.8 Å². The fourth-order valence-electron chi connectivity index (χ4n) is 1.87. The van der Waals surface area contributed by atoms with E-state index in [4.69, 9.17) is 9.47 Å². The van der Waals surface area contributed by atoms with Gasteiger partial charge < -0.3 is 14.8 Å². The molecule has 5 nitrogen and oxygen atoms in total. The van der Waals surface area contributed by atoms with Crippen LogP contribution in [-0.4, -0.2) is 23.7 Å². The van der Waals surface area contributed by atoms with Gasteiger partial charge in [-0.2, -0.15) is 0 Å². The Hall–Kier alpha value is -2.25. The maximum Gasteiger partial charge on any atom is 0.408 e. The Morgan fingerprint density at radius 1 is 1.12 bits per heavy atom. The summed E-state index contributed by atoms with van der Waals surface area (Å²) in [5.41, 5.74) is -0.789. The second-order valence-electron chi connectivity index (χ2n) is 6.85. The van der Waals surface area contributed by atoms with Gasteiger partial charge >= 0.3 is 12.1 Å². The number of ether oxygens (including phenoxy) is 2. The average molecular weight is 361 g/mol. The first kappa shape index (κ1) is 20.8. The highest BCUT2D eigenvalue weighted by atomic mass is 19.2. The van der Waals surface area contributed by atoms with Gasteiger partial charge in [0, 0.05) is 0 Å². The number of carbonyl (C=O) groups excluding carboxylic acids is 2. The molecule has 140 valence electrons. The van der Waals surface area contributed by atoms with Crippen LogP contribution in [-0.2, 0) is 20.9 Å². The standard InChI is InChI=1S/C17H22F3NO4/c1-9(2)14(21-16(23)25-17(3,4)5)15(22)24-8-10-6-11(18)13(20)12(19)7-10/h6-7,9,14H,8H2,1-5H3,(H,21,23)/t14-/m0/s1. The maximum atomic E-state index is 13.2. The fourth-order valence-corrected chi connectivity index (χ4v) is 1.87. The van der Waals surface area contributed by atoms with E-state index in [1.54, 1.807) is 34.6 Å². The predicted octanol–water partition coefficient (Wildman–Crippen LogP) is 3.70. The number of alkyl carbamates (subject to hydrolysis) is 1. The highest BCUT2D eigenvalue weighted by Crippen LogP contribution is 2.15. The summed E-state index contributed by atoms with van der Waals surface area (Å²) in [7, 11) is 0. The summed E-state index contributed by atoms with van der Waals surface area (Å²) in [5, 5.41) is 2.40. The van der Waals surface area contributed by atoms with Crippen LogP contribution >= 0.6 is 0 Å². The molecule has 1 rings (SSSR count). The zero-order chi connectivity index (χ0) is 19.4. The van der Waals surface area contributed by atoms with Gasteiger partial charge in [0.25, 0.3) is 0 Å². The van der Waals surface area contributed by atoms with Crippen molar-refractivity contribution in [1.29, 1.82) is 0 Å². The smallest absolute Gasteiger partial charge is 0.408 e. The molecule has 0 saturated heterocycles. The van der Waals surface area contributed by atoms with Crippen LogP contribution in [0.2, 0.25) is 0 Å². The second kappa shape index (κ2) is 8.22. The zero-order valence-electron chi connectivity index (χ0n) is 14.8. The summed E-state index contributed by atoms with van der Waals surface area (Å²) in [5.74, 6) is -5.47. The number of benzene rings is 1. The average Bonchev–Trinajstić information content (AvgIpc) is 2.45. The van der Waals surface area contributed by atoms with Crippen LogP contribution in [0.3, 0.4) is 0 Å². The molecule has 0 saturated carbocycles. The van der Waals surface area contributed by atoms with E-state index in [-0.39, 0.29) is 11.5 Å². The maximum absolute atomic E-state index is 13.2. The molecule has 0 spiro atoms. The third kappa shape index (κ3) is 6.64. The third-order valence-corrected chi connectivity index (χ3v) is 3.02. The lowest BCUT2D eigenvalue weighted by Gasteiger charge is -2.24. The Labute approximate surface area is 144 Å². The number of halogens is 3. The van der Waals surface area contributed by atoms with Crippen molar-refractivity contribution in [2.45, 2.75) is 52.9 Å². The molecule has 0 radical (unpaired) electrons. The number of hydrogen-bond acceptors (Lipinski definition) is 4. The van der Waals surface area contributed by atoms with Gasteiger partial charge in [-0.15, -0.1) is 0 Å². The van der Waals surface area contributed by atoms with E-state index in [0.717, 1.165) is 12.1 Å². The van der Waals surface area contributed by atoms with Crippen LogP contribution in [0.5, 0.6) is 0 Å². The lowest BCUT2D eigenvalue weighted by molar-refractivity contribution is -0.148. The minimum atomic E-state index is -1.60. The molecule has 0 aromatic heterocycles. The topological polar surface area (TPSA) is 64.6 Å². The molecule has 1 atom stereocenters. The van der Waals surface area contributed by atoms with Gasteiger partial charge in [0.1, 0.15) is 18.2 Å². The van der Waals surface area contributed by atoms with Gasteiger partial charge in [0.2, 0.25) is 0 Å². The molecule has 0 unspecified atom stereocenters. The van der Waals surface area contributed by atoms with Crippen molar-refractivity contribution < 1.29 is 32.2 Å². The number of nitrogens with one attached hydrogen (secondary N) is 1. The van der Waals surface area contributed by atoms with E-state index in [1.165, 1.54) is 0 Å². The lowest BCUT2D eigenvalue weighted by Crippen LogP contribution is -2.47. The summed E-state index contributed by atoms with van der Waals surface area (Å²) in [4.78, 5) is 23.9. The number of esters is 1. The SMILES string of the molecule is CC(C)[C@H](NC(=O)OC(C)(C)C)C(=O)OCc1cc(F)c(F)c(F)c1. The van der Waals surface area contributed by atoms with E-state index in [2.05, 4.69) is 5.32 Å². The number of hydrogen-bond donors (Lipinski definition) is 1. The number of carbonyl (C=O) groups is 2. The van der Waals surface area contributed by atoms with Gasteiger partial charge in [-0.25, -0.2) is 22.8 Å². The van der Waals surface area contributed by atoms with E-state index in [1.807, 2.05) is 0 Å². The molecule has 0 aliphatic carbocycles. The number of amides is 1. The first-order valence-corrected chi connectivity index (χ1v) is 7.70. The zero-order valence-corrected chi connectivity index (χ0v) is 14.8. The Balaban J connectivity index is 2.73. The quantitative estimate of drug-likeness (QED) is 0.642. The number of rotatable bonds is 5. The minimum Gasteiger partial charge on any atom is -0.459 e. The monoisotopic (exact) mass is 361 g/mol. The molecule has 25 heavy (non-hydrogen) atoms. The van der Waals surface area contributed by atoms with Crippen LogP contribution in [0, 0.1) is 23.4 Å². The van der Waals surface area contributed by atoms with Crippen molar-refractivity contribution in [1.82, 2.24) is 5.32 Å². The van der Waals surface area contributed by atoms with Crippen molar-refractivity contribution in [3.63, 3.8) is 0 Å². The molecule has 0 fully saturated rings. The van der Waals surface area contributed by atoms with Gasteiger partial charge in [-0.3, -0.25) is 0 Å². The molecule has 1 aromatic carbocycles. The van der Waals surface area contributed by atoms with Crippen molar-refractivity contribution in [2.75, 3.05) is 0 Å². The predicted molar refractivity (Wildman–Crippen MR) is 84.1 cm³/mol. The summed E-state index contributed by atoms with van der Waals surface area (Å²) in [6, 6.07) is 0.458. The van der Waals surface area contributed by atoms with Gasteiger partial charge in [0.15, 0.2) is 17.5 Å². The van der Waals surface area contributed by atoms with Crippen LogP contribution in [0.15, 0.2) is 12.1 Å². The van der Waals surface area contributed by atoms with Gasteiger partial charge in [-0.05, 0) is 44.4 Å². The molecule has 0 bridgehead atoms. The second-order valence-corrected chi connectivity index (χ2v) is 6.85. The Bertz CT molecular complexity index is 618. The Morgan fingerprint density at radius 2 is 1.64 bits per heavy atom. The van der Waals surface area contributed by atoms with Crippen molar-refractivity contribution in [3.8, 4) is 0 Å². The van der Waals surface area contributed by atoms with Crippen LogP contribution in [0.25, 0.3) is 0 Å². The van der Waals surface area contributed by atoms with E-state index in [0.29, 0.717) is 0 Å². The molecule has 1 N–H and O–H groups in total.